The van der Waals surface area contributed by atoms with Crippen LogP contribution in [-0.4, -0.2) is 94.3 Å². The topological polar surface area (TPSA) is 164 Å². The minimum atomic E-state index is -3.69. The van der Waals surface area contributed by atoms with Crippen molar-refractivity contribution in [3.05, 3.63) is 36.4 Å². The Morgan fingerprint density at radius 1 is 0.725 bits per heavy atom. The molecule has 0 unspecified atom stereocenters. The summed E-state index contributed by atoms with van der Waals surface area (Å²) in [5.74, 6) is 0.720. The maximum absolute atomic E-state index is 12.5. The summed E-state index contributed by atoms with van der Waals surface area (Å²) in [4.78, 5) is 27.6. The Morgan fingerprint density at radius 2 is 1.10 bits per heavy atom. The van der Waals surface area contributed by atoms with Crippen molar-refractivity contribution in [2.45, 2.75) is 12.2 Å². The lowest BCUT2D eigenvalue weighted by Gasteiger charge is -2.19. The number of carbonyl (C=O) groups is 2. The van der Waals surface area contributed by atoms with E-state index in [1.54, 1.807) is 36.4 Å². The standard InChI is InChI=1S/C24H28N2O12S2/c1-33-21-9-15(5-7-19(21)25-11-17(37-23(25)27)13-35-39(3,29)30)16-6-8-20(22(10-16)34-2)26-12-18(38-24(26)28)14-36-40(4,31)32/h5-10,17-18H,11-14H2,1-4H3/t17-,18-/m1/s1. The molecule has 0 bridgehead atoms. The third-order valence-electron chi connectivity index (χ3n) is 5.96. The Balaban J connectivity index is 1.53. The molecular weight excluding hydrogens is 572 g/mol. The predicted octanol–water partition coefficient (Wildman–Crippen LogP) is 1.97. The molecule has 0 spiro atoms. The number of amides is 2. The first-order valence-electron chi connectivity index (χ1n) is 11.8. The molecule has 2 fully saturated rings. The molecule has 2 aromatic rings. The highest BCUT2D eigenvalue weighted by atomic mass is 32.2. The number of anilines is 2. The van der Waals surface area contributed by atoms with Crippen LogP contribution >= 0.6 is 0 Å². The first-order chi connectivity index (χ1) is 18.8. The van der Waals surface area contributed by atoms with Crippen molar-refractivity contribution in [2.24, 2.45) is 0 Å². The molecule has 14 nitrogen and oxygen atoms in total. The zero-order valence-corrected chi connectivity index (χ0v) is 23.7. The van der Waals surface area contributed by atoms with Crippen molar-refractivity contribution in [1.82, 2.24) is 0 Å². The third-order valence-corrected chi connectivity index (χ3v) is 7.09. The average Bonchev–Trinajstić information content (AvgIpc) is 3.46. The minimum absolute atomic E-state index is 0.0642. The number of carbonyl (C=O) groups excluding carboxylic acids is 2. The number of ether oxygens (including phenoxy) is 4. The van der Waals surface area contributed by atoms with Crippen molar-refractivity contribution in [2.75, 3.05) is 62.8 Å². The second-order valence-electron chi connectivity index (χ2n) is 8.98. The van der Waals surface area contributed by atoms with Crippen molar-refractivity contribution >= 4 is 43.8 Å². The highest BCUT2D eigenvalue weighted by molar-refractivity contribution is 7.86. The van der Waals surface area contributed by atoms with Gasteiger partial charge in [-0.1, -0.05) is 12.1 Å². The normalized spacial score (nSPS) is 19.5. The molecule has 0 aliphatic carbocycles. The largest absolute Gasteiger partial charge is 0.495 e. The van der Waals surface area contributed by atoms with Gasteiger partial charge in [0, 0.05) is 0 Å². The summed E-state index contributed by atoms with van der Waals surface area (Å²) in [7, 11) is -4.49. The number of rotatable bonds is 11. The van der Waals surface area contributed by atoms with Crippen molar-refractivity contribution < 1.29 is 53.7 Å². The molecule has 2 atom stereocenters. The van der Waals surface area contributed by atoms with Gasteiger partial charge in [0.25, 0.3) is 20.2 Å². The third kappa shape index (κ3) is 6.93. The fourth-order valence-corrected chi connectivity index (χ4v) is 4.97. The molecule has 218 valence electrons. The summed E-state index contributed by atoms with van der Waals surface area (Å²) in [6, 6.07) is 10.3. The second kappa shape index (κ2) is 11.5. The average molecular weight is 601 g/mol. The first-order valence-corrected chi connectivity index (χ1v) is 15.4. The van der Waals surface area contributed by atoms with Crippen LogP contribution in [0.4, 0.5) is 21.0 Å². The summed E-state index contributed by atoms with van der Waals surface area (Å²) in [5, 5.41) is 0. The van der Waals surface area contributed by atoms with Gasteiger partial charge in [-0.2, -0.15) is 16.8 Å². The molecule has 40 heavy (non-hydrogen) atoms. The minimum Gasteiger partial charge on any atom is -0.495 e. The van der Waals surface area contributed by atoms with E-state index in [4.69, 9.17) is 27.3 Å². The van der Waals surface area contributed by atoms with Gasteiger partial charge in [-0.25, -0.2) is 9.59 Å². The van der Waals surface area contributed by atoms with E-state index in [9.17, 15) is 26.4 Å². The SMILES string of the molecule is COc1cc(-c2ccc(N3C[C@H](COS(C)(=O)=O)OC3=O)c(OC)c2)ccc1N1C[C@H](COS(C)(=O)=O)OC1=O. The second-order valence-corrected chi connectivity index (χ2v) is 12.3. The van der Waals surface area contributed by atoms with Gasteiger partial charge < -0.3 is 18.9 Å². The molecule has 2 amide bonds. The van der Waals surface area contributed by atoms with E-state index >= 15 is 0 Å². The molecule has 16 heteroatoms. The smallest absolute Gasteiger partial charge is 0.414 e. The molecule has 0 N–H and O–H groups in total. The molecule has 0 aromatic heterocycles. The molecule has 2 heterocycles. The van der Waals surface area contributed by atoms with E-state index in [0.717, 1.165) is 12.5 Å². The summed E-state index contributed by atoms with van der Waals surface area (Å²) in [5.41, 5.74) is 2.25. The van der Waals surface area contributed by atoms with Gasteiger partial charge in [-0.3, -0.25) is 18.2 Å². The first kappa shape index (κ1) is 29.4. The fraction of sp³-hybridized carbons (Fsp3) is 0.417. The summed E-state index contributed by atoms with van der Waals surface area (Å²) >= 11 is 0. The molecule has 2 aromatic carbocycles. The molecule has 2 aliphatic rings. The highest BCUT2D eigenvalue weighted by Gasteiger charge is 2.36. The van der Waals surface area contributed by atoms with Gasteiger partial charge in [0.1, 0.15) is 36.9 Å². The van der Waals surface area contributed by atoms with Gasteiger partial charge in [-0.05, 0) is 35.4 Å². The lowest BCUT2D eigenvalue weighted by molar-refractivity contribution is 0.107. The van der Waals surface area contributed by atoms with E-state index in [1.165, 1.54) is 24.0 Å². The molecule has 4 rings (SSSR count). The van der Waals surface area contributed by atoms with Crippen LogP contribution in [0.5, 0.6) is 11.5 Å². The Hall–Kier alpha value is -3.60. The summed E-state index contributed by atoms with van der Waals surface area (Å²) < 4.78 is 76.1. The Labute approximate surface area is 231 Å². The zero-order chi connectivity index (χ0) is 29.2. The number of benzene rings is 2. The van der Waals surface area contributed by atoms with Crippen molar-refractivity contribution in [3.63, 3.8) is 0 Å². The van der Waals surface area contributed by atoms with Crippen LogP contribution in [0.3, 0.4) is 0 Å². The van der Waals surface area contributed by atoms with Crippen LogP contribution in [0.15, 0.2) is 36.4 Å². The van der Waals surface area contributed by atoms with Crippen LogP contribution in [0.25, 0.3) is 11.1 Å². The van der Waals surface area contributed by atoms with E-state index in [2.05, 4.69) is 0 Å². The van der Waals surface area contributed by atoms with Crippen molar-refractivity contribution in [3.8, 4) is 22.6 Å². The Bertz CT molecular complexity index is 1400. The van der Waals surface area contributed by atoms with E-state index in [-0.39, 0.29) is 26.3 Å². The number of hydrogen-bond acceptors (Lipinski definition) is 12. The highest BCUT2D eigenvalue weighted by Crippen LogP contribution is 2.39. The van der Waals surface area contributed by atoms with E-state index in [0.29, 0.717) is 34.0 Å². The van der Waals surface area contributed by atoms with Gasteiger partial charge >= 0.3 is 12.2 Å². The van der Waals surface area contributed by atoms with Crippen molar-refractivity contribution in [1.29, 1.82) is 0 Å². The monoisotopic (exact) mass is 600 g/mol. The molecule has 2 aliphatic heterocycles. The summed E-state index contributed by atoms with van der Waals surface area (Å²) in [6.07, 6.45) is -1.07. The quantitative estimate of drug-likeness (QED) is 0.345. The number of nitrogens with zero attached hydrogens (tertiary/aromatic N) is 2. The van der Waals surface area contributed by atoms with Crippen LogP contribution in [0.1, 0.15) is 0 Å². The molecule has 2 saturated heterocycles. The summed E-state index contributed by atoms with van der Waals surface area (Å²) in [6.45, 7) is -0.475. The lowest BCUT2D eigenvalue weighted by Crippen LogP contribution is -2.27. The molecule has 0 saturated carbocycles. The van der Waals surface area contributed by atoms with Gasteiger partial charge in [-0.15, -0.1) is 0 Å². The molecule has 0 radical (unpaired) electrons. The number of hydrogen-bond donors (Lipinski definition) is 0. The van der Waals surface area contributed by atoms with Gasteiger partial charge in [0.15, 0.2) is 0 Å². The zero-order valence-electron chi connectivity index (χ0n) is 22.1. The van der Waals surface area contributed by atoms with Gasteiger partial charge in [0.2, 0.25) is 0 Å². The Kier molecular flexibility index (Phi) is 8.44. The number of methoxy groups -OCH3 is 2. The Morgan fingerprint density at radius 3 is 1.43 bits per heavy atom. The fourth-order valence-electron chi connectivity index (χ4n) is 4.17. The maximum Gasteiger partial charge on any atom is 0.414 e. The molecular formula is C24H28N2O12S2. The van der Waals surface area contributed by atoms with Crippen LogP contribution in [-0.2, 0) is 38.1 Å². The van der Waals surface area contributed by atoms with Crippen LogP contribution in [0, 0.1) is 0 Å². The van der Waals surface area contributed by atoms with E-state index in [1.807, 2.05) is 0 Å². The van der Waals surface area contributed by atoms with E-state index < -0.39 is 44.6 Å². The van der Waals surface area contributed by atoms with Crippen LogP contribution < -0.4 is 19.3 Å². The predicted molar refractivity (Wildman–Crippen MR) is 142 cm³/mol. The maximum atomic E-state index is 12.5. The van der Waals surface area contributed by atoms with Gasteiger partial charge in [0.05, 0.1) is 51.2 Å². The lowest BCUT2D eigenvalue weighted by atomic mass is 10.0. The number of cyclic esters (lactones) is 2. The van der Waals surface area contributed by atoms with Crippen LogP contribution in [0.2, 0.25) is 0 Å².